The average Bonchev–Trinajstić information content (AvgIpc) is 2.71. The Morgan fingerprint density at radius 2 is 1.83 bits per heavy atom. The van der Waals surface area contributed by atoms with Gasteiger partial charge in [0.2, 0.25) is 0 Å². The van der Waals surface area contributed by atoms with Gasteiger partial charge in [-0.25, -0.2) is 4.98 Å². The highest BCUT2D eigenvalue weighted by molar-refractivity contribution is 6.32. The van der Waals surface area contributed by atoms with Crippen molar-refractivity contribution in [2.75, 3.05) is 39.3 Å². The Balaban J connectivity index is 1.28. The third kappa shape index (κ3) is 4.96. The molecule has 0 spiro atoms. The monoisotopic (exact) mass is 412 g/mol. The summed E-state index contributed by atoms with van der Waals surface area (Å²) in [5.74, 6) is 0.733. The Morgan fingerprint density at radius 1 is 1.07 bits per heavy atom. The fraction of sp³-hybridized carbons (Fsp3) is 0.364. The van der Waals surface area contributed by atoms with E-state index >= 15 is 0 Å². The van der Waals surface area contributed by atoms with Crippen LogP contribution in [0.25, 0.3) is 5.65 Å². The van der Waals surface area contributed by atoms with Gasteiger partial charge in [-0.15, -0.1) is 0 Å². The SMILES string of the molecule is Cc1ccc2nc(CN3CCN(CCOc4ccccc4Cl)CC3)cc(=O)n2c1. The van der Waals surface area contributed by atoms with Crippen LogP contribution < -0.4 is 10.3 Å². The van der Waals surface area contributed by atoms with Gasteiger partial charge in [0.15, 0.2) is 0 Å². The largest absolute Gasteiger partial charge is 0.491 e. The molecule has 3 heterocycles. The number of nitrogens with zero attached hydrogens (tertiary/aromatic N) is 4. The minimum absolute atomic E-state index is 0.0240. The Labute approximate surface area is 175 Å². The van der Waals surface area contributed by atoms with Crippen molar-refractivity contribution in [1.82, 2.24) is 19.2 Å². The number of hydrogen-bond acceptors (Lipinski definition) is 5. The van der Waals surface area contributed by atoms with Crippen LogP contribution in [0.15, 0.2) is 53.5 Å². The van der Waals surface area contributed by atoms with Crippen LogP contribution in [0.5, 0.6) is 5.75 Å². The molecule has 2 aromatic heterocycles. The normalized spacial score (nSPS) is 15.7. The van der Waals surface area contributed by atoms with Gasteiger partial charge in [0.25, 0.3) is 5.56 Å². The molecule has 0 N–H and O–H groups in total. The van der Waals surface area contributed by atoms with Crippen LogP contribution in [0.4, 0.5) is 0 Å². The lowest BCUT2D eigenvalue weighted by Gasteiger charge is -2.34. The van der Waals surface area contributed by atoms with Crippen LogP contribution in [0.2, 0.25) is 5.02 Å². The summed E-state index contributed by atoms with van der Waals surface area (Å²) in [7, 11) is 0. The third-order valence-corrected chi connectivity index (χ3v) is 5.53. The number of rotatable bonds is 6. The van der Waals surface area contributed by atoms with Crippen molar-refractivity contribution in [3.8, 4) is 5.75 Å². The van der Waals surface area contributed by atoms with Crippen molar-refractivity contribution in [3.63, 3.8) is 0 Å². The predicted octanol–water partition coefficient (Wildman–Crippen LogP) is 2.85. The molecule has 7 heteroatoms. The molecule has 0 unspecified atom stereocenters. The summed E-state index contributed by atoms with van der Waals surface area (Å²) in [6, 6.07) is 13.1. The number of para-hydroxylation sites is 1. The van der Waals surface area contributed by atoms with Crippen LogP contribution in [0.1, 0.15) is 11.3 Å². The molecule has 0 aliphatic carbocycles. The number of ether oxygens (including phenoxy) is 1. The first-order valence-corrected chi connectivity index (χ1v) is 10.3. The van der Waals surface area contributed by atoms with Crippen molar-refractivity contribution in [2.24, 2.45) is 0 Å². The van der Waals surface area contributed by atoms with E-state index in [1.807, 2.05) is 49.5 Å². The molecule has 1 aliphatic heterocycles. The first-order valence-electron chi connectivity index (χ1n) is 9.89. The molecule has 1 fully saturated rings. The van der Waals surface area contributed by atoms with E-state index in [-0.39, 0.29) is 5.56 Å². The lowest BCUT2D eigenvalue weighted by atomic mass is 10.2. The molecular formula is C22H25ClN4O2. The van der Waals surface area contributed by atoms with E-state index in [1.165, 1.54) is 0 Å². The van der Waals surface area contributed by atoms with E-state index < -0.39 is 0 Å². The van der Waals surface area contributed by atoms with E-state index in [9.17, 15) is 4.79 Å². The number of fused-ring (bicyclic) bond motifs is 1. The molecule has 0 bridgehead atoms. The lowest BCUT2D eigenvalue weighted by molar-refractivity contribution is 0.112. The fourth-order valence-electron chi connectivity index (χ4n) is 3.59. The zero-order valence-corrected chi connectivity index (χ0v) is 17.3. The first-order chi connectivity index (χ1) is 14.1. The minimum atomic E-state index is -0.0240. The topological polar surface area (TPSA) is 50.1 Å². The molecule has 29 heavy (non-hydrogen) atoms. The van der Waals surface area contributed by atoms with Crippen molar-refractivity contribution in [2.45, 2.75) is 13.5 Å². The summed E-state index contributed by atoms with van der Waals surface area (Å²) in [5.41, 5.74) is 2.55. The van der Waals surface area contributed by atoms with Crippen molar-refractivity contribution < 1.29 is 4.74 Å². The summed E-state index contributed by atoms with van der Waals surface area (Å²) >= 11 is 6.12. The molecule has 0 saturated carbocycles. The molecule has 1 aliphatic rings. The molecule has 4 rings (SSSR count). The van der Waals surface area contributed by atoms with Crippen LogP contribution in [-0.2, 0) is 6.54 Å². The molecule has 0 amide bonds. The summed E-state index contributed by atoms with van der Waals surface area (Å²) in [6.07, 6.45) is 1.83. The van der Waals surface area contributed by atoms with Crippen molar-refractivity contribution in [3.05, 3.63) is 75.3 Å². The predicted molar refractivity (Wildman–Crippen MR) is 115 cm³/mol. The van der Waals surface area contributed by atoms with E-state index in [0.29, 0.717) is 23.8 Å². The molecule has 6 nitrogen and oxygen atoms in total. The number of piperazine rings is 1. The molecule has 0 radical (unpaired) electrons. The summed E-state index contributed by atoms with van der Waals surface area (Å²) in [5, 5.41) is 0.645. The van der Waals surface area contributed by atoms with Gasteiger partial charge in [-0.3, -0.25) is 19.0 Å². The van der Waals surface area contributed by atoms with Crippen LogP contribution in [-0.4, -0.2) is 58.5 Å². The third-order valence-electron chi connectivity index (χ3n) is 5.21. The van der Waals surface area contributed by atoms with Gasteiger partial charge in [-0.2, -0.15) is 0 Å². The maximum Gasteiger partial charge on any atom is 0.258 e. The molecule has 152 valence electrons. The smallest absolute Gasteiger partial charge is 0.258 e. The van der Waals surface area contributed by atoms with Crippen molar-refractivity contribution in [1.29, 1.82) is 0 Å². The van der Waals surface area contributed by atoms with Gasteiger partial charge in [0, 0.05) is 51.5 Å². The second kappa shape index (κ2) is 8.95. The molecular weight excluding hydrogens is 388 g/mol. The average molecular weight is 413 g/mol. The summed E-state index contributed by atoms with van der Waals surface area (Å²) < 4.78 is 7.40. The lowest BCUT2D eigenvalue weighted by Crippen LogP contribution is -2.47. The Bertz CT molecular complexity index is 1040. The minimum Gasteiger partial charge on any atom is -0.491 e. The van der Waals surface area contributed by atoms with E-state index in [1.54, 1.807) is 10.5 Å². The molecule has 0 atom stereocenters. The first kappa shape index (κ1) is 19.9. The second-order valence-corrected chi connectivity index (χ2v) is 7.82. The zero-order chi connectivity index (χ0) is 20.2. The van der Waals surface area contributed by atoms with Gasteiger partial charge in [0.05, 0.1) is 10.7 Å². The maximum atomic E-state index is 12.4. The zero-order valence-electron chi connectivity index (χ0n) is 16.6. The van der Waals surface area contributed by atoms with Gasteiger partial charge < -0.3 is 4.74 Å². The van der Waals surface area contributed by atoms with Crippen LogP contribution >= 0.6 is 11.6 Å². The Hall–Kier alpha value is -2.41. The molecule has 3 aromatic rings. The van der Waals surface area contributed by atoms with E-state index in [0.717, 1.165) is 49.7 Å². The highest BCUT2D eigenvalue weighted by Gasteiger charge is 2.18. The highest BCUT2D eigenvalue weighted by Crippen LogP contribution is 2.22. The number of halogens is 1. The number of hydrogen-bond donors (Lipinski definition) is 0. The second-order valence-electron chi connectivity index (χ2n) is 7.42. The van der Waals surface area contributed by atoms with Crippen LogP contribution in [0, 0.1) is 6.92 Å². The number of aryl methyl sites for hydroxylation is 1. The van der Waals surface area contributed by atoms with Crippen molar-refractivity contribution >= 4 is 17.2 Å². The maximum absolute atomic E-state index is 12.4. The number of benzene rings is 1. The van der Waals surface area contributed by atoms with Crippen LogP contribution in [0.3, 0.4) is 0 Å². The summed E-state index contributed by atoms with van der Waals surface area (Å²) in [4.78, 5) is 21.8. The van der Waals surface area contributed by atoms with Gasteiger partial charge in [-0.1, -0.05) is 29.8 Å². The van der Waals surface area contributed by atoms with Gasteiger partial charge in [0.1, 0.15) is 18.0 Å². The quantitative estimate of drug-likeness (QED) is 0.623. The van der Waals surface area contributed by atoms with E-state index in [2.05, 4.69) is 14.8 Å². The standard InChI is InChI=1S/C22H25ClN4O2/c1-17-6-7-21-24-18(14-22(28)27(21)15-17)16-26-10-8-25(9-11-26)12-13-29-20-5-3-2-4-19(20)23/h2-7,14-15H,8-13,16H2,1H3. The van der Waals surface area contributed by atoms with E-state index in [4.69, 9.17) is 16.3 Å². The fourth-order valence-corrected chi connectivity index (χ4v) is 3.78. The Kier molecular flexibility index (Phi) is 6.13. The van der Waals surface area contributed by atoms with Gasteiger partial charge in [-0.05, 0) is 30.7 Å². The summed E-state index contributed by atoms with van der Waals surface area (Å²) in [6.45, 7) is 7.99. The Morgan fingerprint density at radius 3 is 2.62 bits per heavy atom. The highest BCUT2D eigenvalue weighted by atomic mass is 35.5. The number of aromatic nitrogens is 2. The number of pyridine rings is 1. The molecule has 1 aromatic carbocycles. The molecule has 1 saturated heterocycles. The van der Waals surface area contributed by atoms with Gasteiger partial charge >= 0.3 is 0 Å².